The molecule has 8 heterocycles. The topological polar surface area (TPSA) is 155 Å². The van der Waals surface area contributed by atoms with Crippen LogP contribution in [-0.2, 0) is 48.7 Å². The van der Waals surface area contributed by atoms with Crippen LogP contribution in [0.1, 0.15) is 111 Å². The molecule has 4 aromatic heterocycles. The zero-order valence-corrected chi connectivity index (χ0v) is 63.9. The van der Waals surface area contributed by atoms with Gasteiger partial charge in [-0.3, -0.25) is 0 Å². The lowest BCUT2D eigenvalue weighted by Crippen LogP contribution is -2.39. The Labute approximate surface area is 634 Å². The Morgan fingerprint density at radius 2 is 0.921 bits per heavy atom. The molecule has 4 atom stereocenters. The van der Waals surface area contributed by atoms with Crippen molar-refractivity contribution in [3.63, 3.8) is 0 Å². The number of nitrogens with zero attached hydrogens (tertiary/aromatic N) is 1. The van der Waals surface area contributed by atoms with Crippen LogP contribution in [0.15, 0.2) is 197 Å². The first-order valence-corrected chi connectivity index (χ1v) is 39.3. The number of halogens is 8. The zero-order valence-electron chi connectivity index (χ0n) is 55.4. The highest BCUT2D eigenvalue weighted by Gasteiger charge is 2.37. The second-order valence-electron chi connectivity index (χ2n) is 26.1. The van der Waals surface area contributed by atoms with E-state index in [0.29, 0.717) is 34.6 Å². The maximum absolute atomic E-state index is 12.6. The Morgan fingerprint density at radius 1 is 0.475 bits per heavy atom. The van der Waals surface area contributed by atoms with Crippen molar-refractivity contribution < 1.29 is 17.9 Å². The van der Waals surface area contributed by atoms with Crippen LogP contribution in [0.3, 0.4) is 0 Å². The first-order valence-electron chi connectivity index (χ1n) is 33.6. The Kier molecular flexibility index (Phi) is 21.8. The Morgan fingerprint density at radius 3 is 1.44 bits per heavy atom. The molecule has 0 fully saturated rings. The third-order valence-corrected chi connectivity index (χ3v) is 22.7. The largest absolute Gasteiger partial charge is 0.491 e. The molecule has 4 aliphatic rings. The van der Waals surface area contributed by atoms with E-state index >= 15 is 0 Å². The van der Waals surface area contributed by atoms with Gasteiger partial charge in [0.05, 0.1) is 36.5 Å². The molecule has 4 unspecified atom stereocenters. The number of rotatable bonds is 11. The summed E-state index contributed by atoms with van der Waals surface area (Å²) < 4.78 is 40.6. The lowest BCUT2D eigenvalue weighted by Gasteiger charge is -2.34. The number of H-pyrrole nitrogens is 4. The molecular weight excluding hydrogens is 1540 g/mol. The van der Waals surface area contributed by atoms with Crippen molar-refractivity contribution in [2.45, 2.75) is 82.8 Å². The molecule has 518 valence electrons. The lowest BCUT2D eigenvalue weighted by molar-refractivity contribution is 0.242. The van der Waals surface area contributed by atoms with Crippen LogP contribution in [0.4, 0.5) is 0 Å². The fourth-order valence-corrected chi connectivity index (χ4v) is 18.0. The van der Waals surface area contributed by atoms with Crippen LogP contribution < -0.4 is 25.4 Å². The molecule has 21 heteroatoms. The fraction of sp³-hybridized carbons (Fsp3) is 0.225. The van der Waals surface area contributed by atoms with Gasteiger partial charge in [0.15, 0.2) is 0 Å². The van der Waals surface area contributed by atoms with Crippen LogP contribution in [0.25, 0.3) is 43.6 Å². The second-order valence-corrected chi connectivity index (χ2v) is 32.5. The number of sulfonamides is 1. The van der Waals surface area contributed by atoms with Crippen LogP contribution in [0.2, 0.25) is 30.1 Å². The monoisotopic (exact) mass is 1610 g/mol. The van der Waals surface area contributed by atoms with Crippen molar-refractivity contribution in [1.82, 2.24) is 40.2 Å². The predicted octanol–water partition coefficient (Wildman–Crippen LogP) is 21.3. The summed E-state index contributed by atoms with van der Waals surface area (Å²) in [6.07, 6.45) is 5.94. The van der Waals surface area contributed by atoms with E-state index in [1.54, 1.807) is 10.4 Å². The Hall–Kier alpha value is -6.77. The summed E-state index contributed by atoms with van der Waals surface area (Å²) in [5, 5.41) is 20.0. The number of hydrogen-bond acceptors (Lipinski definition) is 7. The number of fused-ring (bicyclic) bond motifs is 12. The molecule has 13 aromatic rings. The van der Waals surface area contributed by atoms with E-state index in [2.05, 4.69) is 122 Å². The van der Waals surface area contributed by atoms with Gasteiger partial charge < -0.3 is 45.4 Å². The van der Waals surface area contributed by atoms with E-state index in [0.717, 1.165) is 136 Å². The van der Waals surface area contributed by atoms with E-state index in [1.165, 1.54) is 67.3 Å². The van der Waals surface area contributed by atoms with Gasteiger partial charge in [-0.1, -0.05) is 162 Å². The molecular formula is C80H72Br2Cl6N8O4S. The molecule has 0 spiro atoms. The quantitative estimate of drug-likeness (QED) is 0.0680. The lowest BCUT2D eigenvalue weighted by atomic mass is 9.94. The van der Waals surface area contributed by atoms with Gasteiger partial charge in [0.2, 0.25) is 10.0 Å². The molecule has 12 nitrogen and oxygen atoms in total. The van der Waals surface area contributed by atoms with Gasteiger partial charge in [-0.25, -0.2) is 8.42 Å². The number of ether oxygens (including phenoxy) is 2. The summed E-state index contributed by atoms with van der Waals surface area (Å²) in [6, 6.07) is 62.1. The van der Waals surface area contributed by atoms with Gasteiger partial charge in [0, 0.05) is 125 Å². The van der Waals surface area contributed by atoms with Crippen molar-refractivity contribution in [3.8, 4) is 11.5 Å². The minimum absolute atomic E-state index is 0.170. The number of aromatic amines is 4. The van der Waals surface area contributed by atoms with Crippen molar-refractivity contribution in [2.75, 3.05) is 32.4 Å². The van der Waals surface area contributed by atoms with Gasteiger partial charge in [-0.2, -0.15) is 4.31 Å². The van der Waals surface area contributed by atoms with Crippen LogP contribution >= 0.6 is 101 Å². The highest BCUT2D eigenvalue weighted by Crippen LogP contribution is 2.43. The molecule has 0 saturated heterocycles. The van der Waals surface area contributed by atoms with Gasteiger partial charge >= 0.3 is 0 Å². The van der Waals surface area contributed by atoms with Crippen molar-refractivity contribution >= 4 is 155 Å². The van der Waals surface area contributed by atoms with E-state index in [1.807, 2.05) is 141 Å². The third kappa shape index (κ3) is 16.0. The summed E-state index contributed by atoms with van der Waals surface area (Å²) >= 11 is 44.2. The van der Waals surface area contributed by atoms with Gasteiger partial charge in [-0.05, 0) is 230 Å². The molecule has 4 aliphatic heterocycles. The zero-order chi connectivity index (χ0) is 70.2. The average Bonchev–Trinajstić information content (AvgIpc) is 1.65. The van der Waals surface area contributed by atoms with E-state index in [9.17, 15) is 8.42 Å². The third-order valence-electron chi connectivity index (χ3n) is 19.0. The molecule has 7 N–H and O–H groups in total. The molecule has 17 rings (SSSR count). The molecule has 0 radical (unpaired) electrons. The number of aromatic nitrogens is 4. The highest BCUT2D eigenvalue weighted by molar-refractivity contribution is 9.11. The summed E-state index contributed by atoms with van der Waals surface area (Å²) in [5.74, 6) is 1.65. The van der Waals surface area contributed by atoms with Crippen LogP contribution in [0, 0.1) is 0 Å². The fourth-order valence-electron chi connectivity index (χ4n) is 14.5. The van der Waals surface area contributed by atoms with E-state index in [-0.39, 0.29) is 24.2 Å². The molecule has 9 aromatic carbocycles. The summed E-state index contributed by atoms with van der Waals surface area (Å²) in [4.78, 5) is 14.2. The summed E-state index contributed by atoms with van der Waals surface area (Å²) in [5.41, 5.74) is 19.8. The van der Waals surface area contributed by atoms with Crippen LogP contribution in [-0.4, -0.2) is 71.2 Å². The molecule has 101 heavy (non-hydrogen) atoms. The number of nitrogens with one attached hydrogen (secondary N) is 7. The molecule has 0 bridgehead atoms. The first kappa shape index (κ1) is 71.2. The smallest absolute Gasteiger partial charge is 0.212 e. The van der Waals surface area contributed by atoms with Crippen LogP contribution in [0.5, 0.6) is 11.5 Å². The molecule has 0 aliphatic carbocycles. The SMILES string of the molecule is CC(C)Oc1ccc(C2NCCc3c2[nH]c2ccc(Cl)cc32)cc1.CS(=O)(=O)N1CCc2c([nH]c3ccc(Cl)cc23)C1c1ccc(OCc2ccccc2)cc1.Clc1ccc(CC2NCCc3c2[nH]c2ccc(Cl)cc32)c(Cl)c1.Clc1ccc2[nH]c3c(c2c1)CCNC3c1cc(Br)cc(Br)c1. The van der Waals surface area contributed by atoms with Crippen molar-refractivity contribution in [2.24, 2.45) is 0 Å². The van der Waals surface area contributed by atoms with Gasteiger partial charge in [-0.15, -0.1) is 0 Å². The van der Waals surface area contributed by atoms with Gasteiger partial charge in [0.25, 0.3) is 0 Å². The molecule has 0 amide bonds. The van der Waals surface area contributed by atoms with E-state index < -0.39 is 16.1 Å². The van der Waals surface area contributed by atoms with Crippen molar-refractivity contribution in [1.29, 1.82) is 0 Å². The van der Waals surface area contributed by atoms with E-state index in [4.69, 9.17) is 79.1 Å². The number of benzene rings is 9. The minimum atomic E-state index is -3.41. The normalized spacial score (nSPS) is 17.2. The predicted molar refractivity (Wildman–Crippen MR) is 423 cm³/mol. The van der Waals surface area contributed by atoms with Crippen molar-refractivity contribution in [3.05, 3.63) is 300 Å². The Bertz CT molecular complexity index is 5280. The highest BCUT2D eigenvalue weighted by atomic mass is 79.9. The maximum atomic E-state index is 12.6. The van der Waals surface area contributed by atoms with Gasteiger partial charge in [0.1, 0.15) is 18.1 Å². The number of hydrogen-bond donors (Lipinski definition) is 7. The minimum Gasteiger partial charge on any atom is -0.491 e. The summed E-state index contributed by atoms with van der Waals surface area (Å²) in [7, 11) is -3.41. The first-order chi connectivity index (χ1) is 48.7. The second kappa shape index (κ2) is 30.9. The maximum Gasteiger partial charge on any atom is 0.212 e. The molecule has 0 saturated carbocycles. The standard InChI is InChI=1S/C25H23ClN2O3S.C20H21ClN2O.C18H15Cl3N2.C17H13Br2ClN2/c1-32(29,30)28-14-13-21-22-15-19(26)9-12-23(22)27-24(21)25(28)18-7-10-20(11-8-18)31-16-17-5-3-2-4-6-17;1-12(2)24-15-6-3-13(4-7-15)19-20-16(9-10-22-19)17-11-14(21)5-8-18(17)23-20;19-11-3-4-16-14(8-11)13-5-6-22-17(18(13)23-16)7-10-1-2-12(20)9-15(10)21;18-10-5-9(6-11(19)7-10)16-17-13(3-4-21-16)14-8-12(20)1-2-15(14)22-17/h2-12,15,25,27H,13-14,16H2,1H3;3-8,11-12,19,22-23H,9-10H2,1-2H3;1-4,8-9,17,22-23H,5-7H2;1-2,5-8,16,21-22H,3-4H2. The Balaban J connectivity index is 0.000000116. The summed E-state index contributed by atoms with van der Waals surface area (Å²) in [6.45, 7) is 7.84. The average molecular weight is 1610 g/mol.